The van der Waals surface area contributed by atoms with E-state index in [-0.39, 0.29) is 28.5 Å². The first kappa shape index (κ1) is 30.0. The van der Waals surface area contributed by atoms with Crippen LogP contribution in [-0.2, 0) is 22.9 Å². The van der Waals surface area contributed by atoms with Crippen LogP contribution in [0.2, 0.25) is 0 Å². The number of H-pyrrole nitrogens is 1. The number of nitrogens with one attached hydrogen (secondary N) is 1. The molecular weight excluding hydrogens is 514 g/mol. The summed E-state index contributed by atoms with van der Waals surface area (Å²) in [6.45, 7) is 8.11. The third-order valence-electron chi connectivity index (χ3n) is 6.73. The second-order valence-electron chi connectivity index (χ2n) is 10.1. The summed E-state index contributed by atoms with van der Waals surface area (Å²) < 4.78 is 27.4. The molecule has 0 radical (unpaired) electrons. The number of nitrogens with zero attached hydrogens (tertiary/aromatic N) is 2. The summed E-state index contributed by atoms with van der Waals surface area (Å²) >= 11 is 0. The summed E-state index contributed by atoms with van der Waals surface area (Å²) in [5.74, 6) is -1.40. The molecule has 3 rings (SSSR count). The van der Waals surface area contributed by atoms with E-state index in [0.717, 1.165) is 44.7 Å². The molecule has 1 heterocycles. The number of unbranched alkanes of at least 4 members (excludes halogenated alkanes) is 2. The number of aromatic nitrogens is 2. The molecule has 0 atom stereocenters. The highest BCUT2D eigenvalue weighted by molar-refractivity contribution is 7.89. The summed E-state index contributed by atoms with van der Waals surface area (Å²) in [5, 5.41) is 21.7. The van der Waals surface area contributed by atoms with E-state index < -0.39 is 21.7 Å². The number of rotatable bonds is 12. The number of allylic oxidation sites excluding steroid dienone is 4. The molecule has 3 N–H and O–H groups in total. The lowest BCUT2D eigenvalue weighted by Gasteiger charge is -2.21. The summed E-state index contributed by atoms with van der Waals surface area (Å²) in [7, 11) is -3.19. The van der Waals surface area contributed by atoms with Gasteiger partial charge in [0.2, 0.25) is 5.16 Å². The SMILES string of the molecule is CCCCCc1cc(O)c(CC=C(C)CCC=C(C)C)c(O)c1C(=O)N(C)S(=O)(=O)c1nc2ccccc2[nH]1. The van der Waals surface area contributed by atoms with E-state index in [9.17, 15) is 23.4 Å². The van der Waals surface area contributed by atoms with Crippen LogP contribution in [0.5, 0.6) is 11.5 Å². The van der Waals surface area contributed by atoms with Gasteiger partial charge >= 0.3 is 0 Å². The highest BCUT2D eigenvalue weighted by Crippen LogP contribution is 2.37. The maximum absolute atomic E-state index is 13.7. The number of amides is 1. The van der Waals surface area contributed by atoms with E-state index in [2.05, 4.69) is 16.0 Å². The molecule has 3 aromatic rings. The molecule has 2 aromatic carbocycles. The number of hydrogen-bond acceptors (Lipinski definition) is 6. The molecule has 0 aliphatic rings. The van der Waals surface area contributed by atoms with Crippen molar-refractivity contribution in [2.75, 3.05) is 7.05 Å². The summed E-state index contributed by atoms with van der Waals surface area (Å²) in [4.78, 5) is 20.6. The van der Waals surface area contributed by atoms with E-state index in [1.54, 1.807) is 24.3 Å². The van der Waals surface area contributed by atoms with Gasteiger partial charge in [-0.1, -0.05) is 55.2 Å². The molecule has 0 fully saturated rings. The van der Waals surface area contributed by atoms with Crippen molar-refractivity contribution in [3.8, 4) is 11.5 Å². The van der Waals surface area contributed by atoms with E-state index in [0.29, 0.717) is 27.3 Å². The molecule has 0 aliphatic carbocycles. The van der Waals surface area contributed by atoms with Gasteiger partial charge in [0.05, 0.1) is 16.6 Å². The molecule has 1 amide bonds. The van der Waals surface area contributed by atoms with Crippen molar-refractivity contribution in [2.24, 2.45) is 0 Å². The molecular formula is C30H39N3O5S. The number of phenols is 2. The minimum Gasteiger partial charge on any atom is -0.508 e. The van der Waals surface area contributed by atoms with Gasteiger partial charge in [-0.05, 0) is 76.6 Å². The van der Waals surface area contributed by atoms with E-state index in [1.165, 1.54) is 11.6 Å². The number of imidazole rings is 1. The number of phenolic OH excluding ortho intramolecular Hbond substituents is 2. The highest BCUT2D eigenvalue weighted by Gasteiger charge is 2.33. The smallest absolute Gasteiger partial charge is 0.300 e. The van der Waals surface area contributed by atoms with Crippen molar-refractivity contribution >= 4 is 27.0 Å². The summed E-state index contributed by atoms with van der Waals surface area (Å²) in [6, 6.07) is 8.34. The Kier molecular flexibility index (Phi) is 9.97. The van der Waals surface area contributed by atoms with Crippen molar-refractivity contribution in [2.45, 2.75) is 77.8 Å². The number of aromatic hydroxyl groups is 2. The Morgan fingerprint density at radius 3 is 2.49 bits per heavy atom. The second-order valence-corrected chi connectivity index (χ2v) is 12.0. The van der Waals surface area contributed by atoms with Crippen LogP contribution in [0.25, 0.3) is 11.0 Å². The normalized spacial score (nSPS) is 12.1. The van der Waals surface area contributed by atoms with E-state index >= 15 is 0 Å². The van der Waals surface area contributed by atoms with Gasteiger partial charge in [-0.3, -0.25) is 4.79 Å². The third-order valence-corrected chi connectivity index (χ3v) is 8.30. The Labute approximate surface area is 231 Å². The van der Waals surface area contributed by atoms with Crippen molar-refractivity contribution in [3.05, 3.63) is 70.3 Å². The van der Waals surface area contributed by atoms with Gasteiger partial charge in [-0.2, -0.15) is 8.42 Å². The molecule has 0 spiro atoms. The fraction of sp³-hybridized carbons (Fsp3) is 0.400. The van der Waals surface area contributed by atoms with Gasteiger partial charge in [-0.25, -0.2) is 9.29 Å². The first-order chi connectivity index (χ1) is 18.5. The molecule has 0 unspecified atom stereocenters. The standard InChI is InChI=1S/C30H39N3O5S/c1-6-7-8-14-22-19-26(34)23(18-17-21(4)13-11-12-20(2)3)28(35)27(22)29(36)33(5)39(37,38)30-31-24-15-9-10-16-25(24)32-30/h9-10,12,15-17,19,34-35H,6-8,11,13-14,18H2,1-5H3,(H,31,32). The van der Waals surface area contributed by atoms with E-state index in [1.807, 2.05) is 33.8 Å². The number of aromatic amines is 1. The van der Waals surface area contributed by atoms with Gasteiger partial charge in [-0.15, -0.1) is 0 Å². The Morgan fingerprint density at radius 2 is 1.82 bits per heavy atom. The Bertz CT molecular complexity index is 1470. The average Bonchev–Trinajstić information content (AvgIpc) is 3.33. The molecule has 1 aromatic heterocycles. The predicted molar refractivity (Wildman–Crippen MR) is 154 cm³/mol. The second kappa shape index (κ2) is 13.0. The minimum absolute atomic E-state index is 0.114. The van der Waals surface area contributed by atoms with Crippen molar-refractivity contribution in [1.82, 2.24) is 14.3 Å². The first-order valence-corrected chi connectivity index (χ1v) is 14.7. The lowest BCUT2D eigenvalue weighted by atomic mass is 9.94. The average molecular weight is 554 g/mol. The molecule has 0 aliphatic heterocycles. The third kappa shape index (κ3) is 7.09. The number of benzene rings is 2. The maximum atomic E-state index is 13.7. The molecule has 210 valence electrons. The zero-order valence-corrected chi connectivity index (χ0v) is 24.2. The molecule has 0 saturated carbocycles. The van der Waals surface area contributed by atoms with Crippen molar-refractivity contribution in [1.29, 1.82) is 0 Å². The maximum Gasteiger partial charge on any atom is 0.300 e. The van der Waals surface area contributed by atoms with Crippen LogP contribution in [-0.4, -0.2) is 45.9 Å². The van der Waals surface area contributed by atoms with Gasteiger partial charge in [0.1, 0.15) is 11.5 Å². The van der Waals surface area contributed by atoms with E-state index in [4.69, 9.17) is 0 Å². The lowest BCUT2D eigenvalue weighted by Crippen LogP contribution is -2.34. The van der Waals surface area contributed by atoms with Crippen LogP contribution >= 0.6 is 0 Å². The molecule has 8 nitrogen and oxygen atoms in total. The van der Waals surface area contributed by atoms with Gasteiger partial charge in [0.15, 0.2) is 0 Å². The van der Waals surface area contributed by atoms with Gasteiger partial charge < -0.3 is 15.2 Å². The number of sulfonamides is 1. The molecule has 9 heteroatoms. The van der Waals surface area contributed by atoms with Crippen molar-refractivity contribution in [3.63, 3.8) is 0 Å². The predicted octanol–water partition coefficient (Wildman–Crippen LogP) is 6.40. The van der Waals surface area contributed by atoms with Crippen LogP contribution in [0.4, 0.5) is 0 Å². The minimum atomic E-state index is -4.35. The van der Waals surface area contributed by atoms with Crippen LogP contribution in [0, 0.1) is 0 Å². The van der Waals surface area contributed by atoms with Crippen molar-refractivity contribution < 1.29 is 23.4 Å². The van der Waals surface area contributed by atoms with Crippen LogP contribution in [0.15, 0.2) is 58.8 Å². The highest BCUT2D eigenvalue weighted by atomic mass is 32.2. The number of fused-ring (bicyclic) bond motifs is 1. The summed E-state index contributed by atoms with van der Waals surface area (Å²) in [6.07, 6.45) is 8.92. The fourth-order valence-electron chi connectivity index (χ4n) is 4.37. The molecule has 39 heavy (non-hydrogen) atoms. The van der Waals surface area contributed by atoms with Crippen LogP contribution in [0.3, 0.4) is 0 Å². The number of hydrogen-bond donors (Lipinski definition) is 3. The summed E-state index contributed by atoms with van der Waals surface area (Å²) in [5.41, 5.74) is 3.78. The number of para-hydroxylation sites is 2. The van der Waals surface area contributed by atoms with Crippen LogP contribution in [0.1, 0.15) is 81.3 Å². The topological polar surface area (TPSA) is 124 Å². The number of carbonyl (C=O) groups excluding carboxylic acids is 1. The van der Waals surface area contributed by atoms with Gasteiger partial charge in [0, 0.05) is 12.6 Å². The molecule has 0 bridgehead atoms. The number of carbonyl (C=O) groups is 1. The Balaban J connectivity index is 2.00. The zero-order chi connectivity index (χ0) is 28.7. The fourth-order valence-corrected chi connectivity index (χ4v) is 5.39. The zero-order valence-electron chi connectivity index (χ0n) is 23.4. The first-order valence-electron chi connectivity index (χ1n) is 13.3. The Hall–Kier alpha value is -3.59. The quantitative estimate of drug-likeness (QED) is 0.176. The van der Waals surface area contributed by atoms with Gasteiger partial charge in [0.25, 0.3) is 15.9 Å². The number of aryl methyl sites for hydroxylation is 1. The van der Waals surface area contributed by atoms with Crippen LogP contribution < -0.4 is 0 Å². The lowest BCUT2D eigenvalue weighted by molar-refractivity contribution is 0.0878. The Morgan fingerprint density at radius 1 is 1.10 bits per heavy atom. The molecule has 0 saturated heterocycles. The monoisotopic (exact) mass is 553 g/mol. The largest absolute Gasteiger partial charge is 0.508 e.